The summed E-state index contributed by atoms with van der Waals surface area (Å²) in [5.74, 6) is -2.51. The van der Waals surface area contributed by atoms with E-state index in [-0.39, 0.29) is 23.6 Å². The lowest BCUT2D eigenvalue weighted by Crippen LogP contribution is -3.13. The molecule has 4 rings (SSSR count). The van der Waals surface area contributed by atoms with Crippen molar-refractivity contribution < 1.29 is 24.0 Å². The summed E-state index contributed by atoms with van der Waals surface area (Å²) in [4.78, 5) is 27.7. The van der Waals surface area contributed by atoms with Gasteiger partial charge in [-0.1, -0.05) is 24.3 Å². The minimum absolute atomic E-state index is 0.0307. The fourth-order valence-corrected chi connectivity index (χ4v) is 4.80. The molecule has 1 aromatic rings. The van der Waals surface area contributed by atoms with Crippen molar-refractivity contribution in [2.45, 2.75) is 13.0 Å². The number of allylic oxidation sites excluding steroid dienone is 2. The van der Waals surface area contributed by atoms with E-state index in [4.69, 9.17) is 0 Å². The fourth-order valence-electron chi connectivity index (χ4n) is 4.80. The van der Waals surface area contributed by atoms with Gasteiger partial charge < -0.3 is 19.7 Å². The molecule has 26 heavy (non-hydrogen) atoms. The Balaban J connectivity index is 1.36. The molecule has 4 atom stereocenters. The quantitative estimate of drug-likeness (QED) is 0.720. The number of carboxylic acid groups (broad SMARTS) is 1. The average molecular weight is 358 g/mol. The summed E-state index contributed by atoms with van der Waals surface area (Å²) < 4.78 is 13.0. The highest BCUT2D eigenvalue weighted by Gasteiger charge is 2.50. The Morgan fingerprint density at radius 1 is 1.08 bits per heavy atom. The van der Waals surface area contributed by atoms with Crippen molar-refractivity contribution in [2.24, 2.45) is 23.7 Å². The second-order valence-electron chi connectivity index (χ2n) is 7.70. The van der Waals surface area contributed by atoms with Crippen LogP contribution in [0.25, 0.3) is 0 Å². The normalized spacial score (nSPS) is 30.7. The molecule has 1 N–H and O–H groups in total. The van der Waals surface area contributed by atoms with E-state index in [0.717, 1.165) is 31.6 Å². The highest BCUT2D eigenvalue weighted by atomic mass is 19.1. The van der Waals surface area contributed by atoms with Crippen molar-refractivity contribution in [3.05, 3.63) is 47.8 Å². The number of aliphatic carboxylic acids is 1. The van der Waals surface area contributed by atoms with Gasteiger partial charge in [-0.2, -0.15) is 0 Å². The van der Waals surface area contributed by atoms with Gasteiger partial charge in [0.25, 0.3) is 0 Å². The second-order valence-corrected chi connectivity index (χ2v) is 7.70. The standard InChI is InChI=1S/C20H23FN2O3/c21-16-5-1-13(2-6-16)12-22-7-9-23(10-8-22)19(24)17-14-3-4-15(11-14)18(17)20(25)26/h1-6,14-15,17-18H,7-12H2,(H,25,26)/t14-,15-,17-,18+/m1/s1. The molecule has 0 spiro atoms. The van der Waals surface area contributed by atoms with Crippen LogP contribution in [0.3, 0.4) is 0 Å². The van der Waals surface area contributed by atoms with Crippen molar-refractivity contribution in [2.75, 3.05) is 26.2 Å². The van der Waals surface area contributed by atoms with Gasteiger partial charge in [-0.25, -0.2) is 4.39 Å². The van der Waals surface area contributed by atoms with Gasteiger partial charge >= 0.3 is 0 Å². The zero-order valence-corrected chi connectivity index (χ0v) is 14.6. The Morgan fingerprint density at radius 2 is 1.69 bits per heavy atom. The summed E-state index contributed by atoms with van der Waals surface area (Å²) >= 11 is 0. The number of amides is 1. The number of hydrogen-bond donors (Lipinski definition) is 1. The molecule has 138 valence electrons. The van der Waals surface area contributed by atoms with E-state index in [1.807, 2.05) is 17.1 Å². The van der Waals surface area contributed by atoms with Crippen LogP contribution in [0.2, 0.25) is 0 Å². The number of carboxylic acids is 1. The number of nitrogens with zero attached hydrogens (tertiary/aromatic N) is 1. The molecule has 0 radical (unpaired) electrons. The molecular formula is C20H23FN2O3. The average Bonchev–Trinajstić information content (AvgIpc) is 3.25. The SMILES string of the molecule is O=C([O-])[C@@H]1[C@H](C(=O)N2CC[NH+](Cc3ccc(F)cc3)CC2)[C@@H]2C=C[C@@H]1C2. The number of benzene rings is 1. The van der Waals surface area contributed by atoms with Gasteiger partial charge in [0.2, 0.25) is 5.91 Å². The number of nitrogens with one attached hydrogen (secondary N) is 1. The van der Waals surface area contributed by atoms with Gasteiger partial charge in [0.05, 0.1) is 32.1 Å². The maximum Gasteiger partial charge on any atom is 0.227 e. The predicted octanol–water partition coefficient (Wildman–Crippen LogP) is -0.759. The molecule has 1 heterocycles. The molecule has 1 aliphatic heterocycles. The lowest BCUT2D eigenvalue weighted by Gasteiger charge is -2.37. The van der Waals surface area contributed by atoms with E-state index < -0.39 is 17.8 Å². The first-order valence-electron chi connectivity index (χ1n) is 9.29. The fraction of sp³-hybridized carbons (Fsp3) is 0.500. The van der Waals surface area contributed by atoms with Crippen LogP contribution >= 0.6 is 0 Å². The molecule has 3 aliphatic rings. The van der Waals surface area contributed by atoms with Gasteiger partial charge in [0, 0.05) is 17.5 Å². The van der Waals surface area contributed by atoms with Gasteiger partial charge in [0.1, 0.15) is 12.4 Å². The highest BCUT2D eigenvalue weighted by molar-refractivity contribution is 5.86. The van der Waals surface area contributed by atoms with Crippen LogP contribution in [0, 0.1) is 29.5 Å². The number of halogens is 1. The van der Waals surface area contributed by atoms with Crippen LogP contribution in [-0.2, 0) is 16.1 Å². The van der Waals surface area contributed by atoms with Crippen LogP contribution in [-0.4, -0.2) is 43.0 Å². The molecule has 2 bridgehead atoms. The minimum atomic E-state index is -1.10. The Bertz CT molecular complexity index is 725. The summed E-state index contributed by atoms with van der Waals surface area (Å²) in [6.07, 6.45) is 4.69. The van der Waals surface area contributed by atoms with Crippen molar-refractivity contribution in [3.63, 3.8) is 0 Å². The first-order valence-corrected chi connectivity index (χ1v) is 9.29. The number of quaternary nitrogens is 1. The van der Waals surface area contributed by atoms with Crippen LogP contribution in [0.4, 0.5) is 4.39 Å². The zero-order valence-electron chi connectivity index (χ0n) is 14.6. The van der Waals surface area contributed by atoms with E-state index in [0.29, 0.717) is 13.1 Å². The van der Waals surface area contributed by atoms with Gasteiger partial charge in [-0.3, -0.25) is 4.79 Å². The number of rotatable bonds is 4. The number of carbonyl (C=O) groups is 2. The van der Waals surface area contributed by atoms with Crippen LogP contribution < -0.4 is 10.0 Å². The molecule has 1 amide bonds. The van der Waals surface area contributed by atoms with E-state index in [2.05, 4.69) is 0 Å². The van der Waals surface area contributed by atoms with Crippen LogP contribution in [0.1, 0.15) is 12.0 Å². The predicted molar refractivity (Wildman–Crippen MR) is 90.1 cm³/mol. The highest BCUT2D eigenvalue weighted by Crippen LogP contribution is 2.48. The second kappa shape index (κ2) is 6.83. The van der Waals surface area contributed by atoms with E-state index in [9.17, 15) is 19.1 Å². The largest absolute Gasteiger partial charge is 0.550 e. The molecular weight excluding hydrogens is 335 g/mol. The summed E-state index contributed by atoms with van der Waals surface area (Å²) in [5.41, 5.74) is 1.08. The Kier molecular flexibility index (Phi) is 4.53. The van der Waals surface area contributed by atoms with Gasteiger partial charge in [0.15, 0.2) is 0 Å². The van der Waals surface area contributed by atoms with Crippen molar-refractivity contribution in [1.82, 2.24) is 4.90 Å². The number of carbonyl (C=O) groups excluding carboxylic acids is 2. The van der Waals surface area contributed by atoms with Gasteiger partial charge in [-0.15, -0.1) is 0 Å². The molecule has 2 fully saturated rings. The molecule has 1 aromatic carbocycles. The van der Waals surface area contributed by atoms with Gasteiger partial charge in [-0.05, 0) is 30.4 Å². The van der Waals surface area contributed by atoms with Crippen LogP contribution in [0.15, 0.2) is 36.4 Å². The maximum absolute atomic E-state index is 13.0. The number of fused-ring (bicyclic) bond motifs is 2. The third-order valence-corrected chi connectivity index (χ3v) is 6.17. The van der Waals surface area contributed by atoms with E-state index in [1.165, 1.54) is 17.0 Å². The molecule has 0 aromatic heterocycles. The Morgan fingerprint density at radius 3 is 2.31 bits per heavy atom. The zero-order chi connectivity index (χ0) is 18.3. The lowest BCUT2D eigenvalue weighted by molar-refractivity contribution is -0.917. The summed E-state index contributed by atoms with van der Waals surface area (Å²) in [7, 11) is 0. The Hall–Kier alpha value is -2.21. The topological polar surface area (TPSA) is 64.9 Å². The third kappa shape index (κ3) is 3.14. The molecule has 0 unspecified atom stereocenters. The summed E-state index contributed by atoms with van der Waals surface area (Å²) in [6, 6.07) is 6.53. The van der Waals surface area contributed by atoms with Crippen molar-refractivity contribution in [1.29, 1.82) is 0 Å². The Labute approximate surface area is 152 Å². The first kappa shape index (κ1) is 17.2. The monoisotopic (exact) mass is 358 g/mol. The van der Waals surface area contributed by atoms with E-state index >= 15 is 0 Å². The molecule has 1 saturated heterocycles. The van der Waals surface area contributed by atoms with E-state index in [1.54, 1.807) is 12.1 Å². The number of hydrogen-bond acceptors (Lipinski definition) is 3. The smallest absolute Gasteiger partial charge is 0.227 e. The summed E-state index contributed by atoms with van der Waals surface area (Å²) in [6.45, 7) is 3.70. The molecule has 1 saturated carbocycles. The lowest BCUT2D eigenvalue weighted by atomic mass is 9.82. The number of piperazine rings is 1. The maximum atomic E-state index is 13.0. The first-order chi connectivity index (χ1) is 12.5. The van der Waals surface area contributed by atoms with Crippen molar-refractivity contribution in [3.8, 4) is 0 Å². The molecule has 6 heteroatoms. The van der Waals surface area contributed by atoms with Crippen molar-refractivity contribution >= 4 is 11.9 Å². The van der Waals surface area contributed by atoms with Crippen LogP contribution in [0.5, 0.6) is 0 Å². The molecule has 5 nitrogen and oxygen atoms in total. The third-order valence-electron chi connectivity index (χ3n) is 6.17. The summed E-state index contributed by atoms with van der Waals surface area (Å²) in [5, 5.41) is 11.5. The molecule has 2 aliphatic carbocycles. The minimum Gasteiger partial charge on any atom is -0.550 e.